The summed E-state index contributed by atoms with van der Waals surface area (Å²) in [4.78, 5) is 23.1. The van der Waals surface area contributed by atoms with Gasteiger partial charge in [0.25, 0.3) is 5.56 Å². The summed E-state index contributed by atoms with van der Waals surface area (Å²) in [5.41, 5.74) is 5.28. The Bertz CT molecular complexity index is 411. The minimum atomic E-state index is -0.541. The monoisotopic (exact) mass is 209 g/mol. The fourth-order valence-electron chi connectivity index (χ4n) is 1.28. The molecule has 5 heteroatoms. The molecule has 0 aliphatic carbocycles. The number of hydrogen-bond acceptors (Lipinski definition) is 3. The molecule has 0 spiro atoms. The van der Waals surface area contributed by atoms with Crippen LogP contribution in [-0.4, -0.2) is 17.0 Å². The number of hydrogen-bond donors (Lipinski definition) is 2. The minimum absolute atomic E-state index is 0.147. The van der Waals surface area contributed by atoms with Gasteiger partial charge in [-0.05, 0) is 26.0 Å². The lowest BCUT2D eigenvalue weighted by atomic mass is 10.3. The highest BCUT2D eigenvalue weighted by Gasteiger charge is 2.15. The Labute approximate surface area is 87.9 Å². The zero-order valence-corrected chi connectivity index (χ0v) is 8.86. The molecule has 0 aliphatic rings. The highest BCUT2D eigenvalue weighted by atomic mass is 16.2. The van der Waals surface area contributed by atoms with Gasteiger partial charge in [-0.25, -0.2) is 0 Å². The van der Waals surface area contributed by atoms with Gasteiger partial charge in [0.2, 0.25) is 5.91 Å². The predicted octanol–water partition coefficient (Wildman–Crippen LogP) is 0.128. The molecule has 1 atom stereocenters. The number of pyridine rings is 1. The molecule has 1 rings (SSSR count). The van der Waals surface area contributed by atoms with E-state index in [4.69, 9.17) is 5.73 Å². The van der Waals surface area contributed by atoms with Gasteiger partial charge in [-0.3, -0.25) is 9.59 Å². The fraction of sp³-hybridized carbons (Fsp3) is 0.400. The summed E-state index contributed by atoms with van der Waals surface area (Å²) in [6.45, 7) is 4.03. The first-order valence-corrected chi connectivity index (χ1v) is 4.82. The maximum Gasteiger partial charge on any atom is 0.274 e. The Kier molecular flexibility index (Phi) is 3.49. The topological polar surface area (TPSA) is 77.1 Å². The zero-order chi connectivity index (χ0) is 11.4. The number of nitrogens with two attached hydrogens (primary N) is 1. The second-order valence-corrected chi connectivity index (χ2v) is 3.25. The summed E-state index contributed by atoms with van der Waals surface area (Å²) >= 11 is 0. The maximum atomic E-state index is 11.6. The molecule has 0 aromatic carbocycles. The third-order valence-corrected chi connectivity index (χ3v) is 2.15. The van der Waals surface area contributed by atoms with Crippen LogP contribution in [0.25, 0.3) is 0 Å². The van der Waals surface area contributed by atoms with E-state index >= 15 is 0 Å². The summed E-state index contributed by atoms with van der Waals surface area (Å²) in [5, 5.41) is 2.65. The Morgan fingerprint density at radius 3 is 2.93 bits per heavy atom. The molecule has 0 radical (unpaired) electrons. The average molecular weight is 209 g/mol. The van der Waals surface area contributed by atoms with Crippen LogP contribution in [0.5, 0.6) is 0 Å². The average Bonchev–Trinajstić information content (AvgIpc) is 2.21. The van der Waals surface area contributed by atoms with Crippen molar-refractivity contribution in [2.75, 3.05) is 12.3 Å². The molecule has 1 aromatic heterocycles. The molecular weight excluding hydrogens is 194 g/mol. The Hall–Kier alpha value is -1.78. The molecule has 1 heterocycles. The van der Waals surface area contributed by atoms with Crippen molar-refractivity contribution >= 4 is 11.6 Å². The van der Waals surface area contributed by atoms with E-state index in [2.05, 4.69) is 5.32 Å². The van der Waals surface area contributed by atoms with Gasteiger partial charge < -0.3 is 15.6 Å². The van der Waals surface area contributed by atoms with E-state index in [9.17, 15) is 9.59 Å². The van der Waals surface area contributed by atoms with E-state index < -0.39 is 6.04 Å². The van der Waals surface area contributed by atoms with Crippen LogP contribution in [0.15, 0.2) is 23.1 Å². The third-order valence-electron chi connectivity index (χ3n) is 2.15. The predicted molar refractivity (Wildman–Crippen MR) is 58.5 cm³/mol. The maximum absolute atomic E-state index is 11.6. The largest absolute Gasteiger partial charge is 0.394 e. The van der Waals surface area contributed by atoms with Crippen LogP contribution in [0.1, 0.15) is 19.9 Å². The molecule has 5 nitrogen and oxygen atoms in total. The van der Waals surface area contributed by atoms with Crippen molar-refractivity contribution in [3.8, 4) is 0 Å². The van der Waals surface area contributed by atoms with E-state index in [1.165, 1.54) is 10.6 Å². The molecule has 1 amide bonds. The molecule has 0 saturated heterocycles. The van der Waals surface area contributed by atoms with Gasteiger partial charge in [-0.2, -0.15) is 0 Å². The van der Waals surface area contributed by atoms with Crippen LogP contribution in [0.2, 0.25) is 0 Å². The third kappa shape index (κ3) is 2.37. The number of likely N-dealkylation sites (N-methyl/N-ethyl adjacent to an activating group) is 1. The second kappa shape index (κ2) is 4.63. The van der Waals surface area contributed by atoms with E-state index in [1.807, 2.05) is 6.92 Å². The molecule has 0 aliphatic heterocycles. The number of amides is 1. The number of nitrogens with one attached hydrogen (secondary N) is 1. The van der Waals surface area contributed by atoms with Gasteiger partial charge in [-0.1, -0.05) is 0 Å². The highest BCUT2D eigenvalue weighted by molar-refractivity contribution is 5.79. The van der Waals surface area contributed by atoms with Crippen LogP contribution >= 0.6 is 0 Å². The van der Waals surface area contributed by atoms with Crippen molar-refractivity contribution in [3.63, 3.8) is 0 Å². The smallest absolute Gasteiger partial charge is 0.274 e. The normalized spacial score (nSPS) is 12.1. The zero-order valence-electron chi connectivity index (χ0n) is 8.86. The van der Waals surface area contributed by atoms with Crippen molar-refractivity contribution in [3.05, 3.63) is 28.7 Å². The van der Waals surface area contributed by atoms with Gasteiger partial charge >= 0.3 is 0 Å². The van der Waals surface area contributed by atoms with E-state index in [1.54, 1.807) is 19.2 Å². The number of nitrogens with zero attached hydrogens (tertiary/aromatic N) is 1. The standard InChI is InChI=1S/C10H15N3O2/c1-3-12-9(14)7(2)13-6-4-5-8(11)10(13)15/h4-7H,3,11H2,1-2H3,(H,12,14). The summed E-state index contributed by atoms with van der Waals surface area (Å²) in [7, 11) is 0. The lowest BCUT2D eigenvalue weighted by Crippen LogP contribution is -2.35. The summed E-state index contributed by atoms with van der Waals surface area (Å²) in [5.74, 6) is -0.190. The molecule has 3 N–H and O–H groups in total. The molecule has 82 valence electrons. The van der Waals surface area contributed by atoms with Crippen LogP contribution in [0.4, 0.5) is 5.69 Å². The quantitative estimate of drug-likeness (QED) is 0.742. The van der Waals surface area contributed by atoms with Crippen molar-refractivity contribution in [2.24, 2.45) is 0 Å². The van der Waals surface area contributed by atoms with Crippen molar-refractivity contribution in [2.45, 2.75) is 19.9 Å². The minimum Gasteiger partial charge on any atom is -0.394 e. The second-order valence-electron chi connectivity index (χ2n) is 3.25. The highest BCUT2D eigenvalue weighted by Crippen LogP contribution is 2.03. The Morgan fingerprint density at radius 2 is 2.33 bits per heavy atom. The fourth-order valence-corrected chi connectivity index (χ4v) is 1.28. The van der Waals surface area contributed by atoms with Crippen LogP contribution in [0.3, 0.4) is 0 Å². The molecule has 0 bridgehead atoms. The van der Waals surface area contributed by atoms with E-state index in [-0.39, 0.29) is 17.2 Å². The molecule has 15 heavy (non-hydrogen) atoms. The van der Waals surface area contributed by atoms with Crippen molar-refractivity contribution < 1.29 is 4.79 Å². The molecular formula is C10H15N3O2. The van der Waals surface area contributed by atoms with E-state index in [0.717, 1.165) is 0 Å². The first kappa shape index (κ1) is 11.3. The molecule has 0 fully saturated rings. The number of nitrogen functional groups attached to an aromatic ring is 1. The van der Waals surface area contributed by atoms with Gasteiger partial charge in [0.05, 0.1) is 5.69 Å². The van der Waals surface area contributed by atoms with Crippen LogP contribution in [-0.2, 0) is 4.79 Å². The van der Waals surface area contributed by atoms with Gasteiger partial charge in [0, 0.05) is 12.7 Å². The number of rotatable bonds is 3. The molecule has 1 unspecified atom stereocenters. The van der Waals surface area contributed by atoms with Gasteiger partial charge in [-0.15, -0.1) is 0 Å². The lowest BCUT2D eigenvalue weighted by molar-refractivity contribution is -0.123. The first-order chi connectivity index (χ1) is 7.07. The number of aromatic nitrogens is 1. The number of anilines is 1. The van der Waals surface area contributed by atoms with Gasteiger partial charge in [0.1, 0.15) is 6.04 Å². The Balaban J connectivity index is 3.01. The number of carbonyl (C=O) groups excluding carboxylic acids is 1. The first-order valence-electron chi connectivity index (χ1n) is 4.82. The van der Waals surface area contributed by atoms with Gasteiger partial charge in [0.15, 0.2) is 0 Å². The van der Waals surface area contributed by atoms with Crippen molar-refractivity contribution in [1.82, 2.24) is 9.88 Å². The summed E-state index contributed by atoms with van der Waals surface area (Å²) < 4.78 is 1.32. The molecule has 0 saturated carbocycles. The number of carbonyl (C=O) groups is 1. The summed E-state index contributed by atoms with van der Waals surface area (Å²) in [6, 6.07) is 2.62. The SMILES string of the molecule is CCNC(=O)C(C)n1cccc(N)c1=O. The van der Waals surface area contributed by atoms with E-state index in [0.29, 0.717) is 6.54 Å². The van der Waals surface area contributed by atoms with Crippen LogP contribution in [0, 0.1) is 0 Å². The summed E-state index contributed by atoms with van der Waals surface area (Å²) in [6.07, 6.45) is 1.55. The molecule has 1 aromatic rings. The van der Waals surface area contributed by atoms with Crippen LogP contribution < -0.4 is 16.6 Å². The Morgan fingerprint density at radius 1 is 1.67 bits per heavy atom. The van der Waals surface area contributed by atoms with Crippen molar-refractivity contribution in [1.29, 1.82) is 0 Å². The lowest BCUT2D eigenvalue weighted by Gasteiger charge is -2.14.